The van der Waals surface area contributed by atoms with E-state index < -0.39 is 0 Å². The van der Waals surface area contributed by atoms with E-state index in [-0.39, 0.29) is 0 Å². The Balaban J connectivity index is 1.40. The zero-order valence-electron chi connectivity index (χ0n) is 13.5. The van der Waals surface area contributed by atoms with E-state index in [4.69, 9.17) is 4.52 Å². The predicted octanol–water partition coefficient (Wildman–Crippen LogP) is 3.36. The molecule has 0 spiro atoms. The monoisotopic (exact) mass is 320 g/mol. The molecule has 0 radical (unpaired) electrons. The van der Waals surface area contributed by atoms with Crippen molar-refractivity contribution in [2.45, 2.75) is 44.2 Å². The normalized spacial score (nSPS) is 26.1. The lowest BCUT2D eigenvalue weighted by Gasteiger charge is -2.27. The van der Waals surface area contributed by atoms with Gasteiger partial charge < -0.3 is 9.84 Å². The van der Waals surface area contributed by atoms with Crippen LogP contribution < -0.4 is 5.32 Å². The van der Waals surface area contributed by atoms with Gasteiger partial charge in [-0.15, -0.1) is 0 Å². The highest BCUT2D eigenvalue weighted by atomic mass is 16.5. The zero-order valence-corrected chi connectivity index (χ0v) is 13.5. The Labute approximate surface area is 140 Å². The van der Waals surface area contributed by atoms with Crippen LogP contribution in [-0.2, 0) is 6.42 Å². The van der Waals surface area contributed by atoms with Crippen molar-refractivity contribution >= 4 is 10.8 Å². The summed E-state index contributed by atoms with van der Waals surface area (Å²) in [6.07, 6.45) is 7.76. The highest BCUT2D eigenvalue weighted by Gasteiger charge is 2.34. The first-order valence-corrected chi connectivity index (χ1v) is 8.78. The number of hydrogen-bond acceptors (Lipinski definition) is 5. The molecular formula is C19H20N4O. The summed E-state index contributed by atoms with van der Waals surface area (Å²) in [4.78, 5) is 9.11. The summed E-state index contributed by atoms with van der Waals surface area (Å²) in [7, 11) is 0. The van der Waals surface area contributed by atoms with Crippen LogP contribution in [0.2, 0.25) is 0 Å². The van der Waals surface area contributed by atoms with Crippen LogP contribution in [0.4, 0.5) is 0 Å². The minimum absolute atomic E-state index is 0.596. The number of pyridine rings is 1. The van der Waals surface area contributed by atoms with E-state index in [0.717, 1.165) is 28.8 Å². The van der Waals surface area contributed by atoms with Crippen molar-refractivity contribution in [2.75, 3.05) is 0 Å². The van der Waals surface area contributed by atoms with Crippen LogP contribution in [-0.4, -0.2) is 27.2 Å². The summed E-state index contributed by atoms with van der Waals surface area (Å²) in [5, 5.41) is 10.1. The van der Waals surface area contributed by atoms with Crippen molar-refractivity contribution in [1.82, 2.24) is 20.4 Å². The highest BCUT2D eigenvalue weighted by molar-refractivity contribution is 5.92. The van der Waals surface area contributed by atoms with Gasteiger partial charge in [0.2, 0.25) is 11.7 Å². The number of benzene rings is 1. The molecule has 5 nitrogen and oxygen atoms in total. The number of rotatable bonds is 3. The Morgan fingerprint density at radius 1 is 1.08 bits per heavy atom. The molecule has 2 bridgehead atoms. The molecule has 24 heavy (non-hydrogen) atoms. The van der Waals surface area contributed by atoms with E-state index >= 15 is 0 Å². The molecule has 2 saturated heterocycles. The van der Waals surface area contributed by atoms with Crippen LogP contribution in [0, 0.1) is 5.92 Å². The molecule has 5 rings (SSSR count). The smallest absolute Gasteiger partial charge is 0.227 e. The van der Waals surface area contributed by atoms with Gasteiger partial charge in [0.15, 0.2) is 0 Å². The third kappa shape index (κ3) is 2.49. The molecule has 2 atom stereocenters. The number of piperidine rings is 1. The van der Waals surface area contributed by atoms with E-state index in [1.807, 2.05) is 18.2 Å². The van der Waals surface area contributed by atoms with Crippen LogP contribution >= 0.6 is 0 Å². The number of fused-ring (bicyclic) bond motifs is 3. The third-order valence-corrected chi connectivity index (χ3v) is 5.39. The van der Waals surface area contributed by atoms with Gasteiger partial charge in [-0.25, -0.2) is 0 Å². The van der Waals surface area contributed by atoms with Crippen LogP contribution in [0.5, 0.6) is 0 Å². The van der Waals surface area contributed by atoms with Crippen LogP contribution in [0.25, 0.3) is 22.3 Å². The lowest BCUT2D eigenvalue weighted by atomic mass is 9.90. The first kappa shape index (κ1) is 14.1. The molecule has 3 aromatic rings. The van der Waals surface area contributed by atoms with Gasteiger partial charge in [0, 0.05) is 30.1 Å². The fourth-order valence-corrected chi connectivity index (χ4v) is 4.32. The molecule has 2 aliphatic heterocycles. The van der Waals surface area contributed by atoms with Crippen molar-refractivity contribution in [1.29, 1.82) is 0 Å². The van der Waals surface area contributed by atoms with Crippen LogP contribution in [0.1, 0.15) is 31.6 Å². The van der Waals surface area contributed by atoms with E-state index in [0.29, 0.717) is 23.8 Å². The van der Waals surface area contributed by atoms with Crippen molar-refractivity contribution in [3.63, 3.8) is 0 Å². The summed E-state index contributed by atoms with van der Waals surface area (Å²) >= 11 is 0. The molecule has 0 aliphatic carbocycles. The lowest BCUT2D eigenvalue weighted by Crippen LogP contribution is -2.38. The standard InChI is InChI=1S/C19H20N4O/c1-2-4-16-13(3-1)7-8-20-18(16)19-22-17(24-23-19)11-12-9-14-5-6-15(10-12)21-14/h1-4,7-8,12,14-15,21H,5-6,9-11H2. The number of hydrogen-bond donors (Lipinski definition) is 1. The van der Waals surface area contributed by atoms with Gasteiger partial charge in [0.05, 0.1) is 0 Å². The molecule has 1 N–H and O–H groups in total. The number of nitrogens with zero attached hydrogens (tertiary/aromatic N) is 3. The second kappa shape index (κ2) is 5.67. The maximum Gasteiger partial charge on any atom is 0.227 e. The van der Waals surface area contributed by atoms with Gasteiger partial charge >= 0.3 is 0 Å². The second-order valence-corrected chi connectivity index (χ2v) is 7.07. The maximum atomic E-state index is 5.54. The highest BCUT2D eigenvalue weighted by Crippen LogP contribution is 2.33. The van der Waals surface area contributed by atoms with Crippen molar-refractivity contribution < 1.29 is 4.52 Å². The molecule has 1 aromatic carbocycles. The Hall–Kier alpha value is -2.27. The number of aromatic nitrogens is 3. The Kier molecular flexibility index (Phi) is 3.33. The molecule has 2 fully saturated rings. The van der Waals surface area contributed by atoms with E-state index in [1.165, 1.54) is 25.7 Å². The Morgan fingerprint density at radius 2 is 1.92 bits per heavy atom. The topological polar surface area (TPSA) is 63.8 Å². The molecule has 0 amide bonds. The lowest BCUT2D eigenvalue weighted by molar-refractivity contribution is 0.270. The average molecular weight is 320 g/mol. The maximum absolute atomic E-state index is 5.54. The largest absolute Gasteiger partial charge is 0.339 e. The Bertz CT molecular complexity index is 857. The van der Waals surface area contributed by atoms with Crippen molar-refractivity contribution in [3.8, 4) is 11.5 Å². The molecule has 4 heterocycles. The van der Waals surface area contributed by atoms with Crippen molar-refractivity contribution in [2.24, 2.45) is 5.92 Å². The van der Waals surface area contributed by atoms with Crippen LogP contribution in [0.3, 0.4) is 0 Å². The zero-order chi connectivity index (χ0) is 15.9. The van der Waals surface area contributed by atoms with E-state index in [9.17, 15) is 0 Å². The van der Waals surface area contributed by atoms with Gasteiger partial charge in [-0.2, -0.15) is 4.98 Å². The SMILES string of the molecule is c1ccc2c(-c3noc(CC4CC5CCC(C4)N5)n3)nccc2c1. The van der Waals surface area contributed by atoms with Crippen molar-refractivity contribution in [3.05, 3.63) is 42.4 Å². The molecule has 0 saturated carbocycles. The summed E-state index contributed by atoms with van der Waals surface area (Å²) in [6, 6.07) is 11.6. The van der Waals surface area contributed by atoms with Gasteiger partial charge in [0.1, 0.15) is 5.69 Å². The number of nitrogens with one attached hydrogen (secondary N) is 1. The van der Waals surface area contributed by atoms with E-state index in [1.54, 1.807) is 6.20 Å². The Morgan fingerprint density at radius 3 is 2.79 bits per heavy atom. The minimum Gasteiger partial charge on any atom is -0.339 e. The third-order valence-electron chi connectivity index (χ3n) is 5.39. The summed E-state index contributed by atoms with van der Waals surface area (Å²) in [5.74, 6) is 1.99. The molecule has 2 aliphatic rings. The molecular weight excluding hydrogens is 300 g/mol. The minimum atomic E-state index is 0.596. The fourth-order valence-electron chi connectivity index (χ4n) is 4.32. The van der Waals surface area contributed by atoms with E-state index in [2.05, 4.69) is 32.6 Å². The van der Waals surface area contributed by atoms with Gasteiger partial charge in [0.25, 0.3) is 0 Å². The first-order valence-electron chi connectivity index (χ1n) is 8.78. The molecule has 122 valence electrons. The molecule has 2 aromatic heterocycles. The first-order chi connectivity index (χ1) is 11.8. The summed E-state index contributed by atoms with van der Waals surface area (Å²) < 4.78 is 5.54. The van der Waals surface area contributed by atoms with Crippen LogP contribution in [0.15, 0.2) is 41.1 Å². The second-order valence-electron chi connectivity index (χ2n) is 7.07. The van der Waals surface area contributed by atoms with Gasteiger partial charge in [-0.05, 0) is 43.1 Å². The average Bonchev–Trinajstić information content (AvgIpc) is 3.21. The summed E-state index contributed by atoms with van der Waals surface area (Å²) in [5.41, 5.74) is 0.800. The molecule has 2 unspecified atom stereocenters. The predicted molar refractivity (Wildman–Crippen MR) is 91.4 cm³/mol. The fraction of sp³-hybridized carbons (Fsp3) is 0.421. The summed E-state index contributed by atoms with van der Waals surface area (Å²) in [6.45, 7) is 0. The quantitative estimate of drug-likeness (QED) is 0.801. The van der Waals surface area contributed by atoms with Gasteiger partial charge in [-0.1, -0.05) is 29.4 Å². The van der Waals surface area contributed by atoms with Gasteiger partial charge in [-0.3, -0.25) is 4.98 Å². The molecule has 5 heteroatoms.